The summed E-state index contributed by atoms with van der Waals surface area (Å²) in [6.07, 6.45) is 2.59. The van der Waals surface area contributed by atoms with Gasteiger partial charge in [-0.1, -0.05) is 6.08 Å². The third-order valence-electron chi connectivity index (χ3n) is 2.01. The normalized spacial score (nSPS) is 10.6. The third kappa shape index (κ3) is 2.33. The van der Waals surface area contributed by atoms with Gasteiger partial charge in [0.15, 0.2) is 0 Å². The van der Waals surface area contributed by atoms with Crippen LogP contribution < -0.4 is 4.74 Å². The van der Waals surface area contributed by atoms with E-state index in [0.29, 0.717) is 12.5 Å². The summed E-state index contributed by atoms with van der Waals surface area (Å²) in [6.45, 7) is 6.22. The van der Waals surface area contributed by atoms with Crippen LogP contribution in [-0.2, 0) is 0 Å². The van der Waals surface area contributed by atoms with E-state index >= 15 is 0 Å². The van der Waals surface area contributed by atoms with E-state index in [1.165, 1.54) is 4.88 Å². The lowest BCUT2D eigenvalue weighted by Crippen LogP contribution is -1.98. The maximum Gasteiger partial charge on any atom is 0.227 e. The molecule has 0 aromatic carbocycles. The number of thiophene rings is 1. The molecular weight excluding hydrogens is 244 g/mol. The van der Waals surface area contributed by atoms with E-state index < -0.39 is 0 Å². The maximum atomic E-state index is 5.83. The highest BCUT2D eigenvalue weighted by molar-refractivity contribution is 7.18. The zero-order chi connectivity index (χ0) is 11.5. The molecule has 5 heteroatoms. The SMILES string of the molecule is C=CCCOc1nc(Cl)nc2sc(C)cc12. The van der Waals surface area contributed by atoms with Gasteiger partial charge >= 0.3 is 0 Å². The number of halogens is 1. The second-order valence-electron chi connectivity index (χ2n) is 3.30. The average Bonchev–Trinajstić information content (AvgIpc) is 2.58. The molecule has 2 rings (SSSR count). The molecule has 0 radical (unpaired) electrons. The third-order valence-corrected chi connectivity index (χ3v) is 3.13. The molecule has 0 aliphatic rings. The van der Waals surface area contributed by atoms with E-state index in [1.54, 1.807) is 17.4 Å². The van der Waals surface area contributed by atoms with E-state index in [0.717, 1.165) is 16.6 Å². The van der Waals surface area contributed by atoms with Gasteiger partial charge in [0.05, 0.1) is 12.0 Å². The largest absolute Gasteiger partial charge is 0.477 e. The highest BCUT2D eigenvalue weighted by Crippen LogP contribution is 2.30. The fraction of sp³-hybridized carbons (Fsp3) is 0.273. The first kappa shape index (κ1) is 11.4. The molecule has 2 aromatic heterocycles. The number of aromatic nitrogens is 2. The Morgan fingerprint density at radius 1 is 1.56 bits per heavy atom. The minimum atomic E-state index is 0.225. The number of hydrogen-bond donors (Lipinski definition) is 0. The fourth-order valence-corrected chi connectivity index (χ4v) is 2.42. The van der Waals surface area contributed by atoms with Crippen LogP contribution in [0.4, 0.5) is 0 Å². The lowest BCUT2D eigenvalue weighted by Gasteiger charge is -2.04. The molecule has 16 heavy (non-hydrogen) atoms. The molecule has 0 spiro atoms. The Hall–Kier alpha value is -1.13. The van der Waals surface area contributed by atoms with Crippen molar-refractivity contribution in [3.8, 4) is 5.88 Å². The quantitative estimate of drug-likeness (QED) is 0.475. The number of nitrogens with zero attached hydrogens (tertiary/aromatic N) is 2. The van der Waals surface area contributed by atoms with Crippen molar-refractivity contribution >= 4 is 33.2 Å². The number of hydrogen-bond acceptors (Lipinski definition) is 4. The molecule has 0 N–H and O–H groups in total. The zero-order valence-electron chi connectivity index (χ0n) is 8.86. The minimum absolute atomic E-state index is 0.225. The first-order chi connectivity index (χ1) is 7.70. The van der Waals surface area contributed by atoms with Crippen LogP contribution in [0.5, 0.6) is 5.88 Å². The maximum absolute atomic E-state index is 5.83. The van der Waals surface area contributed by atoms with Gasteiger partial charge in [0.1, 0.15) is 4.83 Å². The molecule has 0 amide bonds. The minimum Gasteiger partial charge on any atom is -0.477 e. The summed E-state index contributed by atoms with van der Waals surface area (Å²) in [5, 5.41) is 1.15. The molecular formula is C11H11ClN2OS. The Morgan fingerprint density at radius 3 is 3.12 bits per heavy atom. The van der Waals surface area contributed by atoms with Gasteiger partial charge < -0.3 is 4.74 Å². The van der Waals surface area contributed by atoms with Crippen LogP contribution in [0.15, 0.2) is 18.7 Å². The van der Waals surface area contributed by atoms with Crippen molar-refractivity contribution in [2.45, 2.75) is 13.3 Å². The van der Waals surface area contributed by atoms with Crippen molar-refractivity contribution in [2.75, 3.05) is 6.61 Å². The van der Waals surface area contributed by atoms with Crippen molar-refractivity contribution in [1.82, 2.24) is 9.97 Å². The van der Waals surface area contributed by atoms with Gasteiger partial charge in [-0.05, 0) is 31.0 Å². The predicted molar refractivity (Wildman–Crippen MR) is 67.5 cm³/mol. The van der Waals surface area contributed by atoms with E-state index in [2.05, 4.69) is 16.5 Å². The van der Waals surface area contributed by atoms with Crippen LogP contribution in [0.1, 0.15) is 11.3 Å². The smallest absolute Gasteiger partial charge is 0.227 e. The molecule has 2 aromatic rings. The van der Waals surface area contributed by atoms with Gasteiger partial charge in [0, 0.05) is 4.88 Å². The molecule has 84 valence electrons. The second kappa shape index (κ2) is 4.80. The molecule has 0 saturated heterocycles. The van der Waals surface area contributed by atoms with Gasteiger partial charge in [0.25, 0.3) is 0 Å². The topological polar surface area (TPSA) is 35.0 Å². The Morgan fingerprint density at radius 2 is 2.38 bits per heavy atom. The Labute approximate surface area is 103 Å². The number of rotatable bonds is 4. The first-order valence-electron chi connectivity index (χ1n) is 4.88. The van der Waals surface area contributed by atoms with Crippen molar-refractivity contribution in [1.29, 1.82) is 0 Å². The summed E-state index contributed by atoms with van der Waals surface area (Å²) in [6, 6.07) is 2.01. The summed E-state index contributed by atoms with van der Waals surface area (Å²) >= 11 is 7.41. The lowest BCUT2D eigenvalue weighted by atomic mass is 10.3. The lowest BCUT2D eigenvalue weighted by molar-refractivity contribution is 0.316. The van der Waals surface area contributed by atoms with E-state index in [1.807, 2.05) is 13.0 Å². The molecule has 2 heterocycles. The van der Waals surface area contributed by atoms with Crippen molar-refractivity contribution in [3.05, 3.63) is 28.9 Å². The molecule has 3 nitrogen and oxygen atoms in total. The number of ether oxygens (including phenoxy) is 1. The van der Waals surface area contributed by atoms with Gasteiger partial charge in [-0.15, -0.1) is 17.9 Å². The standard InChI is InChI=1S/C11H11ClN2OS/c1-3-4-5-15-9-8-6-7(2)16-10(8)14-11(12)13-9/h3,6H,1,4-5H2,2H3. The highest BCUT2D eigenvalue weighted by atomic mass is 35.5. The van der Waals surface area contributed by atoms with E-state index in [-0.39, 0.29) is 5.28 Å². The molecule has 0 atom stereocenters. The van der Waals surface area contributed by atoms with Crippen LogP contribution in [-0.4, -0.2) is 16.6 Å². The number of fused-ring (bicyclic) bond motifs is 1. The Bertz CT molecular complexity index is 524. The van der Waals surface area contributed by atoms with E-state index in [4.69, 9.17) is 16.3 Å². The van der Waals surface area contributed by atoms with Gasteiger partial charge in [0.2, 0.25) is 11.2 Å². The Kier molecular flexibility index (Phi) is 3.41. The van der Waals surface area contributed by atoms with Gasteiger partial charge in [-0.25, -0.2) is 4.98 Å². The van der Waals surface area contributed by atoms with Crippen LogP contribution in [0.25, 0.3) is 10.2 Å². The van der Waals surface area contributed by atoms with Crippen LogP contribution in [0.2, 0.25) is 5.28 Å². The van der Waals surface area contributed by atoms with Crippen molar-refractivity contribution in [2.24, 2.45) is 0 Å². The zero-order valence-corrected chi connectivity index (χ0v) is 10.4. The highest BCUT2D eigenvalue weighted by Gasteiger charge is 2.10. The van der Waals surface area contributed by atoms with E-state index in [9.17, 15) is 0 Å². The molecule has 0 aliphatic carbocycles. The molecule has 0 aliphatic heterocycles. The van der Waals surface area contributed by atoms with Crippen LogP contribution in [0.3, 0.4) is 0 Å². The van der Waals surface area contributed by atoms with Crippen LogP contribution >= 0.6 is 22.9 Å². The summed E-state index contributed by atoms with van der Waals surface area (Å²) in [5.74, 6) is 0.557. The van der Waals surface area contributed by atoms with Gasteiger partial charge in [-0.2, -0.15) is 4.98 Å². The molecule has 0 fully saturated rings. The summed E-state index contributed by atoms with van der Waals surface area (Å²) in [4.78, 5) is 10.3. The predicted octanol–water partition coefficient (Wildman–Crippen LogP) is 3.61. The van der Waals surface area contributed by atoms with Crippen molar-refractivity contribution < 1.29 is 4.74 Å². The monoisotopic (exact) mass is 254 g/mol. The first-order valence-corrected chi connectivity index (χ1v) is 6.07. The van der Waals surface area contributed by atoms with Crippen molar-refractivity contribution in [3.63, 3.8) is 0 Å². The average molecular weight is 255 g/mol. The van der Waals surface area contributed by atoms with Crippen LogP contribution in [0, 0.1) is 6.92 Å². The summed E-state index contributed by atoms with van der Waals surface area (Å²) in [7, 11) is 0. The fourth-order valence-electron chi connectivity index (χ4n) is 1.34. The molecule has 0 bridgehead atoms. The Balaban J connectivity index is 2.37. The molecule has 0 unspecified atom stereocenters. The summed E-state index contributed by atoms with van der Waals surface area (Å²) < 4.78 is 5.55. The number of aryl methyl sites for hydroxylation is 1. The second-order valence-corrected chi connectivity index (χ2v) is 4.87. The molecule has 0 saturated carbocycles. The summed E-state index contributed by atoms with van der Waals surface area (Å²) in [5.41, 5.74) is 0. The van der Waals surface area contributed by atoms with Gasteiger partial charge in [-0.3, -0.25) is 0 Å².